The van der Waals surface area contributed by atoms with E-state index in [4.69, 9.17) is 0 Å². The van der Waals surface area contributed by atoms with Gasteiger partial charge in [-0.05, 0) is 39.5 Å². The van der Waals surface area contributed by atoms with Crippen molar-refractivity contribution >= 4 is 11.9 Å². The van der Waals surface area contributed by atoms with Crippen LogP contribution in [0.1, 0.15) is 45.9 Å². The van der Waals surface area contributed by atoms with Crippen molar-refractivity contribution in [3.63, 3.8) is 0 Å². The van der Waals surface area contributed by atoms with E-state index in [1.807, 2.05) is 17.6 Å². The van der Waals surface area contributed by atoms with Gasteiger partial charge >= 0.3 is 12.4 Å². The van der Waals surface area contributed by atoms with Crippen molar-refractivity contribution < 1.29 is 26.3 Å². The van der Waals surface area contributed by atoms with Crippen LogP contribution < -0.4 is 10.6 Å². The van der Waals surface area contributed by atoms with E-state index in [-0.39, 0.29) is 11.2 Å². The minimum absolute atomic E-state index is 0.202. The first kappa shape index (κ1) is 21.1. The summed E-state index contributed by atoms with van der Waals surface area (Å²) in [5.74, 6) is 4.36. The second-order valence-electron chi connectivity index (χ2n) is 6.79. The van der Waals surface area contributed by atoms with Crippen LogP contribution in [0.5, 0.6) is 0 Å². The molecule has 0 saturated heterocycles. The van der Waals surface area contributed by atoms with E-state index in [0.717, 1.165) is 33.1 Å². The first-order valence-corrected chi connectivity index (χ1v) is 8.24. The third-order valence-corrected chi connectivity index (χ3v) is 4.24. The summed E-state index contributed by atoms with van der Waals surface area (Å²) in [5, 5.41) is 4.05. The predicted molar refractivity (Wildman–Crippen MR) is 86.9 cm³/mol. The highest BCUT2D eigenvalue weighted by Crippen LogP contribution is 2.39. The molecule has 1 aliphatic carbocycles. The van der Waals surface area contributed by atoms with Crippen molar-refractivity contribution in [1.82, 2.24) is 15.0 Å². The number of nitrogens with zero attached hydrogens (tertiary/aromatic N) is 3. The van der Waals surface area contributed by atoms with Gasteiger partial charge in [-0.1, -0.05) is 12.3 Å². The van der Waals surface area contributed by atoms with Gasteiger partial charge in [0.2, 0.25) is 17.7 Å². The van der Waals surface area contributed by atoms with Crippen molar-refractivity contribution in [2.75, 3.05) is 10.6 Å². The normalized spacial score (nSPS) is 18.6. The zero-order valence-electron chi connectivity index (χ0n) is 14.9. The van der Waals surface area contributed by atoms with Crippen LogP contribution in [0.15, 0.2) is 0 Å². The molecule has 2 N–H and O–H groups in total. The largest absolute Gasteiger partial charge is 0.408 e. The summed E-state index contributed by atoms with van der Waals surface area (Å²) < 4.78 is 76.4. The van der Waals surface area contributed by atoms with Gasteiger partial charge in [-0.3, -0.25) is 0 Å². The number of aromatic nitrogens is 3. The Hall–Kier alpha value is -2.25. The fourth-order valence-electron chi connectivity index (χ4n) is 2.15. The SMILES string of the molecule is C[C@@H](Nc1nc(C#CC2(C)CCC2)nc(N[C@H](C)C(F)(F)F)n1)C(F)(F)F. The Morgan fingerprint density at radius 2 is 1.33 bits per heavy atom. The quantitative estimate of drug-likeness (QED) is 0.593. The Balaban J connectivity index is 2.31. The number of hydrogen-bond acceptors (Lipinski definition) is 5. The maximum absolute atomic E-state index is 12.7. The third-order valence-electron chi connectivity index (χ3n) is 4.24. The molecule has 1 saturated carbocycles. The highest BCUT2D eigenvalue weighted by atomic mass is 19.4. The molecule has 1 aromatic heterocycles. The maximum atomic E-state index is 12.7. The van der Waals surface area contributed by atoms with Gasteiger partial charge in [0.25, 0.3) is 0 Å². The van der Waals surface area contributed by atoms with Crippen molar-refractivity contribution in [2.45, 2.75) is 64.5 Å². The van der Waals surface area contributed by atoms with Crippen LogP contribution in [0.2, 0.25) is 0 Å². The van der Waals surface area contributed by atoms with Crippen molar-refractivity contribution in [1.29, 1.82) is 0 Å². The molecule has 0 amide bonds. The summed E-state index contributed by atoms with van der Waals surface area (Å²) in [6.07, 6.45) is -6.43. The summed E-state index contributed by atoms with van der Waals surface area (Å²) in [6, 6.07) is -4.00. The van der Waals surface area contributed by atoms with E-state index in [1.54, 1.807) is 0 Å². The van der Waals surface area contributed by atoms with E-state index < -0.39 is 36.3 Å². The smallest absolute Gasteiger partial charge is 0.343 e. The number of anilines is 2. The first-order valence-electron chi connectivity index (χ1n) is 8.24. The highest BCUT2D eigenvalue weighted by Gasteiger charge is 2.38. The molecule has 0 spiro atoms. The fourth-order valence-corrected chi connectivity index (χ4v) is 2.15. The van der Waals surface area contributed by atoms with Crippen LogP contribution in [0, 0.1) is 17.3 Å². The Bertz CT molecular complexity index is 689. The van der Waals surface area contributed by atoms with Gasteiger partial charge in [-0.2, -0.15) is 41.3 Å². The molecule has 11 heteroatoms. The van der Waals surface area contributed by atoms with Gasteiger partial charge in [-0.25, -0.2) is 0 Å². The molecule has 5 nitrogen and oxygen atoms in total. The lowest BCUT2D eigenvalue weighted by molar-refractivity contribution is -0.139. The molecule has 0 aromatic carbocycles. The van der Waals surface area contributed by atoms with Gasteiger partial charge in [-0.15, -0.1) is 0 Å². The molecular formula is C16H19F6N5. The number of halogens is 6. The van der Waals surface area contributed by atoms with Crippen LogP contribution in [0.4, 0.5) is 38.2 Å². The highest BCUT2D eigenvalue weighted by molar-refractivity contribution is 5.40. The van der Waals surface area contributed by atoms with Gasteiger partial charge in [0, 0.05) is 5.41 Å². The zero-order valence-corrected chi connectivity index (χ0v) is 14.9. The van der Waals surface area contributed by atoms with Crippen LogP contribution in [-0.2, 0) is 0 Å². The molecule has 2 atom stereocenters. The average molecular weight is 395 g/mol. The Morgan fingerprint density at radius 1 is 0.889 bits per heavy atom. The Morgan fingerprint density at radius 3 is 1.67 bits per heavy atom. The van der Waals surface area contributed by atoms with Crippen LogP contribution in [0.25, 0.3) is 0 Å². The summed E-state index contributed by atoms with van der Waals surface area (Å²) in [4.78, 5) is 11.2. The van der Waals surface area contributed by atoms with Gasteiger partial charge < -0.3 is 10.6 Å². The van der Waals surface area contributed by atoms with Gasteiger partial charge in [0.05, 0.1) is 0 Å². The zero-order chi connectivity index (χ0) is 20.5. The standard InChI is InChI=1S/C16H19F6N5/c1-9(15(17,18)19)23-12-25-11(5-8-14(3)6-4-7-14)26-13(27-12)24-10(2)16(20,21)22/h9-10H,4,6-7H2,1-3H3,(H2,23,24,25,26,27)/t9-,10-/m1/s1. The van der Waals surface area contributed by atoms with E-state index in [2.05, 4.69) is 26.8 Å². The minimum Gasteiger partial charge on any atom is -0.343 e. The maximum Gasteiger partial charge on any atom is 0.408 e. The van der Waals surface area contributed by atoms with E-state index in [1.165, 1.54) is 0 Å². The predicted octanol–water partition coefficient (Wildman–Crippen LogP) is 4.14. The monoisotopic (exact) mass is 395 g/mol. The lowest BCUT2D eigenvalue weighted by Gasteiger charge is -2.32. The van der Waals surface area contributed by atoms with Crippen molar-refractivity contribution in [3.8, 4) is 11.8 Å². The number of nitrogens with one attached hydrogen (secondary N) is 2. The summed E-state index contributed by atoms with van der Waals surface area (Å²) >= 11 is 0. The van der Waals surface area contributed by atoms with Crippen LogP contribution >= 0.6 is 0 Å². The minimum atomic E-state index is -4.58. The van der Waals surface area contributed by atoms with E-state index >= 15 is 0 Å². The molecular weight excluding hydrogens is 376 g/mol. The molecule has 1 aromatic rings. The first-order chi connectivity index (χ1) is 12.3. The molecule has 1 fully saturated rings. The van der Waals surface area contributed by atoms with Gasteiger partial charge in [0.15, 0.2) is 0 Å². The Labute approximate surface area is 152 Å². The number of rotatable bonds is 4. The van der Waals surface area contributed by atoms with Crippen LogP contribution in [-0.4, -0.2) is 39.4 Å². The second kappa shape index (κ2) is 7.40. The molecule has 1 aliphatic rings. The average Bonchev–Trinajstić information content (AvgIpc) is 2.49. The molecule has 27 heavy (non-hydrogen) atoms. The van der Waals surface area contributed by atoms with E-state index in [0.29, 0.717) is 0 Å². The molecule has 0 radical (unpaired) electrons. The topological polar surface area (TPSA) is 62.7 Å². The number of hydrogen-bond donors (Lipinski definition) is 2. The van der Waals surface area contributed by atoms with E-state index in [9.17, 15) is 26.3 Å². The lowest BCUT2D eigenvalue weighted by atomic mass is 9.71. The van der Waals surface area contributed by atoms with Crippen LogP contribution in [0.3, 0.4) is 0 Å². The summed E-state index contributed by atoms with van der Waals surface area (Å²) in [7, 11) is 0. The summed E-state index contributed by atoms with van der Waals surface area (Å²) in [5.41, 5.74) is -0.244. The third kappa shape index (κ3) is 5.87. The van der Waals surface area contributed by atoms with Gasteiger partial charge in [0.1, 0.15) is 12.1 Å². The number of alkyl halides is 6. The van der Waals surface area contributed by atoms with Crippen molar-refractivity contribution in [2.24, 2.45) is 5.41 Å². The fraction of sp³-hybridized carbons (Fsp3) is 0.688. The molecule has 2 rings (SSSR count). The lowest BCUT2D eigenvalue weighted by Crippen LogP contribution is -2.35. The summed E-state index contributed by atoms with van der Waals surface area (Å²) in [6.45, 7) is 3.60. The molecule has 0 bridgehead atoms. The van der Waals surface area contributed by atoms with Crippen molar-refractivity contribution in [3.05, 3.63) is 5.82 Å². The molecule has 0 aliphatic heterocycles. The Kier molecular flexibility index (Phi) is 5.77. The molecule has 1 heterocycles. The molecule has 150 valence electrons. The molecule has 0 unspecified atom stereocenters. The second-order valence-corrected chi connectivity index (χ2v) is 6.79.